The van der Waals surface area contributed by atoms with Gasteiger partial charge in [0.25, 0.3) is 11.6 Å². The molecule has 0 radical (unpaired) electrons. The van der Waals surface area contributed by atoms with Crippen molar-refractivity contribution in [2.24, 2.45) is 5.10 Å². The van der Waals surface area contributed by atoms with Gasteiger partial charge in [0.05, 0.1) is 16.9 Å². The maximum atomic E-state index is 11.9. The Hall–Kier alpha value is -2.76. The van der Waals surface area contributed by atoms with Crippen LogP contribution in [0.1, 0.15) is 11.1 Å². The second-order valence-corrected chi connectivity index (χ2v) is 8.96. The highest BCUT2D eigenvalue weighted by molar-refractivity contribution is 8.03. The average Bonchev–Trinajstić information content (AvgIpc) is 3.20. The summed E-state index contributed by atoms with van der Waals surface area (Å²) in [6, 6.07) is 16.0. The number of nitrogens with one attached hydrogen (secondary N) is 1. The fourth-order valence-corrected chi connectivity index (χ4v) is 4.82. The highest BCUT2D eigenvalue weighted by Gasteiger charge is 2.09. The average molecular weight is 446 g/mol. The van der Waals surface area contributed by atoms with Crippen LogP contribution >= 0.6 is 34.9 Å². The van der Waals surface area contributed by atoms with E-state index in [4.69, 9.17) is 0 Å². The molecule has 8 nitrogen and oxygen atoms in total. The fourth-order valence-electron chi connectivity index (χ4n) is 2.05. The van der Waals surface area contributed by atoms with Crippen LogP contribution in [0.3, 0.4) is 0 Å². The summed E-state index contributed by atoms with van der Waals surface area (Å²) in [7, 11) is 0. The van der Waals surface area contributed by atoms with E-state index < -0.39 is 4.92 Å². The molecule has 0 atom stereocenters. The zero-order chi connectivity index (χ0) is 20.5. The van der Waals surface area contributed by atoms with Crippen LogP contribution in [0, 0.1) is 10.1 Å². The third kappa shape index (κ3) is 6.97. The SMILES string of the molecule is O=C(CSc1nnc(SCc2ccccc2)s1)N/N=C\c1ccc([N+](=O)[O-])cc1. The Morgan fingerprint density at radius 3 is 2.48 bits per heavy atom. The van der Waals surface area contributed by atoms with Gasteiger partial charge in [-0.3, -0.25) is 14.9 Å². The lowest BCUT2D eigenvalue weighted by atomic mass is 10.2. The Morgan fingerprint density at radius 1 is 1.10 bits per heavy atom. The molecule has 0 bridgehead atoms. The van der Waals surface area contributed by atoms with Gasteiger partial charge in [0, 0.05) is 17.9 Å². The zero-order valence-electron chi connectivity index (χ0n) is 14.9. The molecule has 0 spiro atoms. The number of nitro benzene ring substituents is 1. The van der Waals surface area contributed by atoms with E-state index in [1.165, 1.54) is 47.0 Å². The maximum Gasteiger partial charge on any atom is 0.269 e. The number of hydrazone groups is 1. The van der Waals surface area contributed by atoms with Gasteiger partial charge in [-0.1, -0.05) is 65.2 Å². The fraction of sp³-hybridized carbons (Fsp3) is 0.111. The maximum absolute atomic E-state index is 11.9. The monoisotopic (exact) mass is 445 g/mol. The molecule has 3 rings (SSSR count). The molecule has 1 heterocycles. The van der Waals surface area contributed by atoms with Gasteiger partial charge in [-0.2, -0.15) is 5.10 Å². The number of nitro groups is 1. The lowest BCUT2D eigenvalue weighted by Gasteiger charge is -1.98. The number of thioether (sulfide) groups is 2. The Morgan fingerprint density at radius 2 is 1.79 bits per heavy atom. The van der Waals surface area contributed by atoms with E-state index in [0.717, 1.165) is 14.4 Å². The molecule has 2 aromatic carbocycles. The molecule has 0 unspecified atom stereocenters. The van der Waals surface area contributed by atoms with E-state index in [1.807, 2.05) is 18.2 Å². The first-order valence-electron chi connectivity index (χ1n) is 8.29. The largest absolute Gasteiger partial charge is 0.272 e. The molecular formula is C18H15N5O3S3. The molecule has 0 saturated heterocycles. The lowest BCUT2D eigenvalue weighted by Crippen LogP contribution is -2.19. The first kappa shape index (κ1) is 21.0. The minimum Gasteiger partial charge on any atom is -0.272 e. The van der Waals surface area contributed by atoms with Crippen LogP contribution < -0.4 is 5.43 Å². The molecule has 29 heavy (non-hydrogen) atoms. The van der Waals surface area contributed by atoms with Crippen LogP contribution in [0.5, 0.6) is 0 Å². The van der Waals surface area contributed by atoms with Crippen LogP contribution in [-0.2, 0) is 10.5 Å². The topological polar surface area (TPSA) is 110 Å². The number of carbonyl (C=O) groups excluding carboxylic acids is 1. The van der Waals surface area contributed by atoms with Crippen LogP contribution in [0.25, 0.3) is 0 Å². The summed E-state index contributed by atoms with van der Waals surface area (Å²) in [5.41, 5.74) is 4.28. The summed E-state index contributed by atoms with van der Waals surface area (Å²) in [6.45, 7) is 0. The van der Waals surface area contributed by atoms with Crippen molar-refractivity contribution in [1.29, 1.82) is 0 Å². The molecule has 1 N–H and O–H groups in total. The molecule has 0 aliphatic carbocycles. The van der Waals surface area contributed by atoms with E-state index in [9.17, 15) is 14.9 Å². The second-order valence-electron chi connectivity index (χ2n) is 5.54. The van der Waals surface area contributed by atoms with E-state index in [0.29, 0.717) is 5.56 Å². The summed E-state index contributed by atoms with van der Waals surface area (Å²) < 4.78 is 1.57. The summed E-state index contributed by atoms with van der Waals surface area (Å²) in [5.74, 6) is 0.704. The summed E-state index contributed by atoms with van der Waals surface area (Å²) >= 11 is 4.35. The minimum absolute atomic E-state index is 0.000874. The molecule has 0 saturated carbocycles. The van der Waals surface area contributed by atoms with Crippen LogP contribution in [0.4, 0.5) is 5.69 Å². The molecule has 0 aliphatic rings. The lowest BCUT2D eigenvalue weighted by molar-refractivity contribution is -0.384. The number of hydrogen-bond acceptors (Lipinski definition) is 9. The number of benzene rings is 2. The number of aromatic nitrogens is 2. The van der Waals surface area contributed by atoms with Crippen molar-refractivity contribution in [2.75, 3.05) is 5.75 Å². The Balaban J connectivity index is 1.40. The Kier molecular flexibility index (Phi) is 7.73. The van der Waals surface area contributed by atoms with E-state index in [-0.39, 0.29) is 17.3 Å². The number of carbonyl (C=O) groups is 1. The standard InChI is InChI=1S/C18H15N5O3S3/c24-16(20-19-10-13-6-8-15(9-7-13)23(25)26)12-28-18-22-21-17(29-18)27-11-14-4-2-1-3-5-14/h1-10H,11-12H2,(H,20,24)/b19-10-. The van der Waals surface area contributed by atoms with Crippen LogP contribution in [-0.4, -0.2) is 33.0 Å². The minimum atomic E-state index is -0.473. The summed E-state index contributed by atoms with van der Waals surface area (Å²) in [4.78, 5) is 22.0. The highest BCUT2D eigenvalue weighted by Crippen LogP contribution is 2.30. The summed E-state index contributed by atoms with van der Waals surface area (Å²) in [5, 5.41) is 22.7. The van der Waals surface area contributed by atoms with Crippen molar-refractivity contribution in [1.82, 2.24) is 15.6 Å². The molecular weight excluding hydrogens is 430 g/mol. The summed E-state index contributed by atoms with van der Waals surface area (Å²) in [6.07, 6.45) is 1.43. The molecule has 3 aromatic rings. The number of nitrogens with zero attached hydrogens (tertiary/aromatic N) is 4. The Bertz CT molecular complexity index is 993. The molecule has 148 valence electrons. The smallest absolute Gasteiger partial charge is 0.269 e. The second kappa shape index (κ2) is 10.7. The first-order valence-corrected chi connectivity index (χ1v) is 11.1. The Labute approximate surface area is 179 Å². The van der Waals surface area contributed by atoms with Crippen molar-refractivity contribution < 1.29 is 9.72 Å². The van der Waals surface area contributed by atoms with Crippen molar-refractivity contribution in [3.63, 3.8) is 0 Å². The highest BCUT2D eigenvalue weighted by atomic mass is 32.2. The van der Waals surface area contributed by atoms with E-state index >= 15 is 0 Å². The van der Waals surface area contributed by atoms with Crippen molar-refractivity contribution >= 4 is 52.7 Å². The van der Waals surface area contributed by atoms with Gasteiger partial charge in [-0.15, -0.1) is 10.2 Å². The number of non-ortho nitro benzene ring substituents is 1. The molecule has 11 heteroatoms. The normalized spacial score (nSPS) is 10.9. The van der Waals surface area contributed by atoms with Gasteiger partial charge in [0.2, 0.25) is 0 Å². The van der Waals surface area contributed by atoms with Gasteiger partial charge in [-0.05, 0) is 23.3 Å². The quantitative estimate of drug-likeness (QED) is 0.229. The van der Waals surface area contributed by atoms with Crippen molar-refractivity contribution in [3.8, 4) is 0 Å². The third-order valence-electron chi connectivity index (χ3n) is 3.43. The van der Waals surface area contributed by atoms with Gasteiger partial charge in [-0.25, -0.2) is 5.43 Å². The number of amides is 1. The van der Waals surface area contributed by atoms with Gasteiger partial charge in [0.1, 0.15) is 0 Å². The van der Waals surface area contributed by atoms with Crippen molar-refractivity contribution in [3.05, 3.63) is 75.8 Å². The van der Waals surface area contributed by atoms with E-state index in [1.54, 1.807) is 23.9 Å². The molecule has 1 amide bonds. The predicted molar refractivity (Wildman–Crippen MR) is 115 cm³/mol. The molecule has 0 aliphatic heterocycles. The number of rotatable bonds is 9. The predicted octanol–water partition coefficient (Wildman–Crippen LogP) is 3.98. The van der Waals surface area contributed by atoms with Crippen LogP contribution in [0.15, 0.2) is 68.4 Å². The molecule has 0 fully saturated rings. The van der Waals surface area contributed by atoms with Crippen molar-refractivity contribution in [2.45, 2.75) is 14.4 Å². The number of hydrogen-bond donors (Lipinski definition) is 1. The van der Waals surface area contributed by atoms with Crippen LogP contribution in [0.2, 0.25) is 0 Å². The zero-order valence-corrected chi connectivity index (χ0v) is 17.4. The van der Waals surface area contributed by atoms with E-state index in [2.05, 4.69) is 32.9 Å². The third-order valence-corrected chi connectivity index (χ3v) is 6.69. The van der Waals surface area contributed by atoms with Gasteiger partial charge in [0.15, 0.2) is 8.68 Å². The van der Waals surface area contributed by atoms with Gasteiger partial charge < -0.3 is 0 Å². The molecule has 1 aromatic heterocycles. The first-order chi connectivity index (χ1) is 14.1. The van der Waals surface area contributed by atoms with Gasteiger partial charge >= 0.3 is 0 Å².